The first-order valence-electron chi connectivity index (χ1n) is 9.61. The molecule has 0 aliphatic carbocycles. The first-order valence-corrected chi connectivity index (χ1v) is 12.8. The molecule has 1 aliphatic heterocycles. The molecule has 2 amide bonds. The molecule has 3 rings (SSSR count). The van der Waals surface area contributed by atoms with E-state index < -0.39 is 23.2 Å². The van der Waals surface area contributed by atoms with Crippen LogP contribution in [-0.2, 0) is 20.9 Å². The fourth-order valence-corrected chi connectivity index (χ4v) is 5.60. The molecule has 1 atom stereocenters. The van der Waals surface area contributed by atoms with Gasteiger partial charge in [-0.15, -0.1) is 0 Å². The van der Waals surface area contributed by atoms with Crippen LogP contribution >= 0.6 is 66.8 Å². The highest BCUT2D eigenvalue weighted by atomic mass is 79.9. The van der Waals surface area contributed by atoms with Crippen molar-refractivity contribution in [3.05, 3.63) is 65.4 Å². The summed E-state index contributed by atoms with van der Waals surface area (Å²) in [5, 5.41) is 0.386. The topological polar surface area (TPSA) is 72.9 Å². The Hall–Kier alpha value is -1.52. The predicted octanol–water partition coefficient (Wildman–Crippen LogP) is 7.09. The second-order valence-electron chi connectivity index (χ2n) is 6.83. The van der Waals surface area contributed by atoms with E-state index in [1.807, 2.05) is 6.07 Å². The van der Waals surface area contributed by atoms with Crippen LogP contribution in [0, 0.1) is 0 Å². The van der Waals surface area contributed by atoms with Gasteiger partial charge in [-0.1, -0.05) is 29.3 Å². The smallest absolute Gasteiger partial charge is 0.329 e. The number of halogens is 4. The highest BCUT2D eigenvalue weighted by Crippen LogP contribution is 2.38. The summed E-state index contributed by atoms with van der Waals surface area (Å²) in [5.41, 5.74) is 1.50. The van der Waals surface area contributed by atoms with Gasteiger partial charge in [0.15, 0.2) is 0 Å². The van der Waals surface area contributed by atoms with E-state index in [4.69, 9.17) is 32.7 Å². The van der Waals surface area contributed by atoms with E-state index in [1.54, 1.807) is 37.3 Å². The Balaban J connectivity index is 1.77. The van der Waals surface area contributed by atoms with Crippen molar-refractivity contribution in [3.63, 3.8) is 0 Å². The zero-order valence-corrected chi connectivity index (χ0v) is 22.9. The molecule has 0 spiro atoms. The number of amides is 2. The Labute approximate surface area is 221 Å². The van der Waals surface area contributed by atoms with Crippen LogP contribution in [0.25, 0.3) is 6.08 Å². The van der Waals surface area contributed by atoms with Gasteiger partial charge in [0.25, 0.3) is 11.1 Å². The van der Waals surface area contributed by atoms with E-state index in [2.05, 4.69) is 31.9 Å². The molecule has 0 N–H and O–H groups in total. The van der Waals surface area contributed by atoms with Crippen molar-refractivity contribution in [2.45, 2.75) is 26.5 Å². The molecule has 2 aromatic rings. The zero-order valence-electron chi connectivity index (χ0n) is 17.4. The number of esters is 1. The van der Waals surface area contributed by atoms with E-state index in [0.29, 0.717) is 30.3 Å². The molecular weight excluding hydrogens is 621 g/mol. The van der Waals surface area contributed by atoms with Crippen LogP contribution in [-0.4, -0.2) is 34.7 Å². The second kappa shape index (κ2) is 11.3. The molecule has 0 radical (unpaired) electrons. The summed E-state index contributed by atoms with van der Waals surface area (Å²) in [6.07, 6.45) is 1.58. The number of hydrogen-bond donors (Lipinski definition) is 0. The second-order valence-corrected chi connectivity index (χ2v) is 10.3. The van der Waals surface area contributed by atoms with Gasteiger partial charge >= 0.3 is 5.97 Å². The van der Waals surface area contributed by atoms with E-state index in [0.717, 1.165) is 22.2 Å². The van der Waals surface area contributed by atoms with Crippen LogP contribution < -0.4 is 4.74 Å². The molecule has 0 bridgehead atoms. The van der Waals surface area contributed by atoms with Gasteiger partial charge in [0.05, 0.1) is 30.5 Å². The van der Waals surface area contributed by atoms with Gasteiger partial charge in [-0.2, -0.15) is 0 Å². The van der Waals surface area contributed by atoms with Crippen LogP contribution in [0.4, 0.5) is 4.79 Å². The van der Waals surface area contributed by atoms with Crippen molar-refractivity contribution in [1.82, 2.24) is 4.90 Å². The molecular formula is C22H17Br2Cl2NO5S. The fourth-order valence-electron chi connectivity index (χ4n) is 2.92. The number of nitrogens with zero attached hydrogens (tertiary/aromatic N) is 1. The highest BCUT2D eigenvalue weighted by molar-refractivity contribution is 9.11. The molecule has 0 unspecified atom stereocenters. The van der Waals surface area contributed by atoms with Gasteiger partial charge in [-0.05, 0) is 98.9 Å². The van der Waals surface area contributed by atoms with E-state index >= 15 is 0 Å². The fraction of sp³-hybridized carbons (Fsp3) is 0.227. The van der Waals surface area contributed by atoms with Crippen molar-refractivity contribution >= 4 is 90.0 Å². The lowest BCUT2D eigenvalue weighted by atomic mass is 10.2. The molecule has 6 nitrogen and oxygen atoms in total. The third kappa shape index (κ3) is 6.14. The lowest BCUT2D eigenvalue weighted by Crippen LogP contribution is -2.42. The molecule has 11 heteroatoms. The van der Waals surface area contributed by atoms with Crippen molar-refractivity contribution in [2.75, 3.05) is 6.61 Å². The lowest BCUT2D eigenvalue weighted by Gasteiger charge is -2.19. The van der Waals surface area contributed by atoms with E-state index in [9.17, 15) is 14.4 Å². The maximum absolute atomic E-state index is 12.8. The van der Waals surface area contributed by atoms with Crippen LogP contribution in [0.1, 0.15) is 25.0 Å². The van der Waals surface area contributed by atoms with Gasteiger partial charge in [0, 0.05) is 0 Å². The zero-order chi connectivity index (χ0) is 24.3. The number of benzene rings is 2. The summed E-state index contributed by atoms with van der Waals surface area (Å²) in [5.74, 6) is -0.616. The largest absolute Gasteiger partial charge is 0.487 e. The van der Waals surface area contributed by atoms with Crippen molar-refractivity contribution < 1.29 is 23.9 Å². The minimum atomic E-state index is -1.00. The van der Waals surface area contributed by atoms with Crippen LogP contribution in [0.2, 0.25) is 10.0 Å². The average molecular weight is 638 g/mol. The molecule has 0 aromatic heterocycles. The Morgan fingerprint density at radius 3 is 2.42 bits per heavy atom. The van der Waals surface area contributed by atoms with E-state index in [1.165, 1.54) is 6.92 Å². The Bertz CT molecular complexity index is 1130. The summed E-state index contributed by atoms with van der Waals surface area (Å²) >= 11 is 19.7. The number of thioether (sulfide) groups is 1. The minimum Gasteiger partial charge on any atom is -0.487 e. The number of imide groups is 1. The maximum atomic E-state index is 12.8. The number of hydrogen-bond acceptors (Lipinski definition) is 6. The lowest BCUT2D eigenvalue weighted by molar-refractivity contribution is -0.150. The summed E-state index contributed by atoms with van der Waals surface area (Å²) in [6, 6.07) is 7.77. The van der Waals surface area contributed by atoms with Gasteiger partial charge in [-0.25, -0.2) is 4.79 Å². The summed E-state index contributed by atoms with van der Waals surface area (Å²) in [6.45, 7) is 3.55. The van der Waals surface area contributed by atoms with Gasteiger partial charge in [0.1, 0.15) is 18.4 Å². The molecule has 0 saturated carbocycles. The first kappa shape index (κ1) is 26.1. The Kier molecular flexibility index (Phi) is 8.91. The summed E-state index contributed by atoms with van der Waals surface area (Å²) in [4.78, 5) is 38.2. The number of rotatable bonds is 7. The van der Waals surface area contributed by atoms with E-state index in [-0.39, 0.29) is 18.1 Å². The van der Waals surface area contributed by atoms with Crippen LogP contribution in [0.15, 0.2) is 44.2 Å². The molecule has 2 aromatic carbocycles. The summed E-state index contributed by atoms with van der Waals surface area (Å²) < 4.78 is 12.1. The number of carbonyl (C=O) groups excluding carboxylic acids is 3. The maximum Gasteiger partial charge on any atom is 0.329 e. The van der Waals surface area contributed by atoms with Crippen molar-refractivity contribution in [2.24, 2.45) is 0 Å². The molecule has 1 aliphatic rings. The first-order chi connectivity index (χ1) is 15.6. The van der Waals surface area contributed by atoms with Crippen LogP contribution in [0.3, 0.4) is 0 Å². The standard InChI is InChI=1S/C22H17Br2Cl2NO5S/c1-3-31-21(29)11(2)27-20(28)18(33-22(27)30)9-13-6-14(23)19(15(24)7-13)32-10-12-4-5-16(25)17(26)8-12/h4-9,11H,3,10H2,1-2H3/b18-9+/t11-/m0/s1. The SMILES string of the molecule is CCOC(=O)[C@H](C)N1C(=O)S/C(=C/c2cc(Br)c(OCc3ccc(Cl)c(Cl)c3)c(Br)c2)C1=O. The molecule has 1 fully saturated rings. The van der Waals surface area contributed by atoms with Crippen molar-refractivity contribution in [1.29, 1.82) is 0 Å². The average Bonchev–Trinajstić information content (AvgIpc) is 3.02. The quantitative estimate of drug-likeness (QED) is 0.239. The third-order valence-electron chi connectivity index (χ3n) is 4.52. The third-order valence-corrected chi connectivity index (χ3v) is 7.32. The Morgan fingerprint density at radius 1 is 1.15 bits per heavy atom. The predicted molar refractivity (Wildman–Crippen MR) is 137 cm³/mol. The molecule has 1 saturated heterocycles. The Morgan fingerprint density at radius 2 is 1.82 bits per heavy atom. The summed E-state index contributed by atoms with van der Waals surface area (Å²) in [7, 11) is 0. The van der Waals surface area contributed by atoms with Gasteiger partial charge in [0.2, 0.25) is 0 Å². The normalized spacial score (nSPS) is 15.8. The molecule has 1 heterocycles. The van der Waals surface area contributed by atoms with Gasteiger partial charge in [-0.3, -0.25) is 14.5 Å². The minimum absolute atomic E-state index is 0.163. The number of ether oxygens (including phenoxy) is 2. The van der Waals surface area contributed by atoms with Crippen LogP contribution in [0.5, 0.6) is 5.75 Å². The molecule has 174 valence electrons. The highest BCUT2D eigenvalue weighted by Gasteiger charge is 2.41. The van der Waals surface area contributed by atoms with Gasteiger partial charge < -0.3 is 9.47 Å². The molecule has 33 heavy (non-hydrogen) atoms. The monoisotopic (exact) mass is 635 g/mol. The van der Waals surface area contributed by atoms with Crippen molar-refractivity contribution in [3.8, 4) is 5.75 Å². The number of carbonyl (C=O) groups is 3.